The van der Waals surface area contributed by atoms with Crippen molar-refractivity contribution in [1.29, 1.82) is 0 Å². The van der Waals surface area contributed by atoms with Gasteiger partial charge in [-0.1, -0.05) is 19.1 Å². The molecular weight excluding hydrogens is 681 g/mol. The monoisotopic (exact) mass is 716 g/mol. The molecule has 16 heteroatoms. The lowest BCUT2D eigenvalue weighted by atomic mass is 10.0. The maximum absolute atomic E-state index is 14.3. The second-order valence-electron chi connectivity index (χ2n) is 12.7. The summed E-state index contributed by atoms with van der Waals surface area (Å²) in [5, 5.41) is 19.2. The average Bonchev–Trinajstić information content (AvgIpc) is 3.59. The first-order valence-electron chi connectivity index (χ1n) is 16.8. The summed E-state index contributed by atoms with van der Waals surface area (Å²) in [6, 6.07) is 8.05. The second-order valence-corrected chi connectivity index (χ2v) is 12.7. The summed E-state index contributed by atoms with van der Waals surface area (Å²) < 4.78 is 48.0. The molecule has 2 aliphatic rings. The van der Waals surface area contributed by atoms with E-state index in [1.54, 1.807) is 34.0 Å². The van der Waals surface area contributed by atoms with Crippen LogP contribution in [-0.4, -0.2) is 85.4 Å². The summed E-state index contributed by atoms with van der Waals surface area (Å²) in [6.07, 6.45) is 1.32. The standard InChI is InChI=1S/C36H35F3N8O5/c1-3-27-31(44-12-14-45(15-13-44)33(50)30-25-19-40-11-8-22(25)4-7-28(30)48)34(51)47-35(42-32(43-47)23-9-16-52-17-10-23)46(27)20-29(49)41-26-6-5-24(18-21(26)2)36(37,38)39/h4-9,11,18-19,48H,3,10,12-17,20H2,1-2H3,(H,41,49). The summed E-state index contributed by atoms with van der Waals surface area (Å²) in [5.41, 5.74) is 0.955. The zero-order valence-electron chi connectivity index (χ0n) is 28.4. The maximum Gasteiger partial charge on any atom is 0.416 e. The van der Waals surface area contributed by atoms with Gasteiger partial charge >= 0.3 is 6.18 Å². The molecule has 5 aromatic rings. The lowest BCUT2D eigenvalue weighted by Crippen LogP contribution is -2.51. The first-order chi connectivity index (χ1) is 24.9. The van der Waals surface area contributed by atoms with Gasteiger partial charge in [0.15, 0.2) is 5.82 Å². The second kappa shape index (κ2) is 13.7. The molecule has 0 radical (unpaired) electrons. The molecule has 7 rings (SSSR count). The third-order valence-corrected chi connectivity index (χ3v) is 9.44. The molecule has 3 aromatic heterocycles. The van der Waals surface area contributed by atoms with Crippen LogP contribution in [-0.2, 0) is 28.7 Å². The Morgan fingerprint density at radius 1 is 1.08 bits per heavy atom. The number of phenols is 1. The van der Waals surface area contributed by atoms with Crippen molar-refractivity contribution in [2.75, 3.05) is 49.6 Å². The van der Waals surface area contributed by atoms with Crippen LogP contribution in [0, 0.1) is 6.92 Å². The predicted molar refractivity (Wildman–Crippen MR) is 186 cm³/mol. The number of carbonyl (C=O) groups excluding carboxylic acids is 2. The molecular formula is C36H35F3N8O5. The zero-order chi connectivity index (χ0) is 36.7. The van der Waals surface area contributed by atoms with Gasteiger partial charge in [0.2, 0.25) is 11.7 Å². The first-order valence-corrected chi connectivity index (χ1v) is 16.8. The van der Waals surface area contributed by atoms with Crippen molar-refractivity contribution in [1.82, 2.24) is 29.0 Å². The lowest BCUT2D eigenvalue weighted by Gasteiger charge is -2.37. The Hall–Kier alpha value is -5.77. The Morgan fingerprint density at radius 2 is 1.87 bits per heavy atom. The Labute approximate surface area is 294 Å². The van der Waals surface area contributed by atoms with Crippen molar-refractivity contribution in [3.05, 3.63) is 93.4 Å². The Morgan fingerprint density at radius 3 is 2.56 bits per heavy atom. The van der Waals surface area contributed by atoms with Crippen LogP contribution < -0.4 is 15.8 Å². The van der Waals surface area contributed by atoms with E-state index < -0.39 is 23.2 Å². The van der Waals surface area contributed by atoms with E-state index in [0.29, 0.717) is 48.6 Å². The van der Waals surface area contributed by atoms with Gasteiger partial charge in [-0.25, -0.2) is 0 Å². The van der Waals surface area contributed by atoms with Crippen molar-refractivity contribution >= 4 is 45.3 Å². The summed E-state index contributed by atoms with van der Waals surface area (Å²) in [6.45, 7) is 4.85. The third-order valence-electron chi connectivity index (χ3n) is 9.44. The molecule has 1 saturated heterocycles. The van der Waals surface area contributed by atoms with Crippen LogP contribution in [0.5, 0.6) is 5.75 Å². The molecule has 0 atom stereocenters. The molecule has 2 amide bonds. The number of amides is 2. The van der Waals surface area contributed by atoms with E-state index in [9.17, 15) is 32.7 Å². The number of halogens is 3. The highest BCUT2D eigenvalue weighted by Crippen LogP contribution is 2.32. The first kappa shape index (κ1) is 34.7. The number of aromatic nitrogens is 5. The molecule has 270 valence electrons. The topological polar surface area (TPSA) is 147 Å². The number of piperazine rings is 1. The van der Waals surface area contributed by atoms with Crippen molar-refractivity contribution in [2.24, 2.45) is 0 Å². The minimum absolute atomic E-state index is 0.140. The fourth-order valence-electron chi connectivity index (χ4n) is 6.77. The fraction of sp³-hybridized carbons (Fsp3) is 0.333. The average molecular weight is 717 g/mol. The van der Waals surface area contributed by atoms with E-state index in [-0.39, 0.29) is 67.0 Å². The number of hydrogen-bond donors (Lipinski definition) is 2. The van der Waals surface area contributed by atoms with Crippen molar-refractivity contribution in [3.8, 4) is 5.75 Å². The minimum Gasteiger partial charge on any atom is -0.507 e. The minimum atomic E-state index is -4.53. The van der Waals surface area contributed by atoms with E-state index >= 15 is 0 Å². The highest BCUT2D eigenvalue weighted by Gasteiger charge is 2.32. The van der Waals surface area contributed by atoms with Crippen molar-refractivity contribution in [2.45, 2.75) is 39.4 Å². The van der Waals surface area contributed by atoms with Crippen LogP contribution in [0.15, 0.2) is 59.7 Å². The number of benzene rings is 2. The van der Waals surface area contributed by atoms with E-state index in [1.165, 1.54) is 23.6 Å². The van der Waals surface area contributed by atoms with Crippen LogP contribution >= 0.6 is 0 Å². The number of pyridine rings is 1. The van der Waals surface area contributed by atoms with E-state index in [4.69, 9.17) is 9.72 Å². The summed E-state index contributed by atoms with van der Waals surface area (Å²) in [7, 11) is 0. The van der Waals surface area contributed by atoms with E-state index in [1.807, 2.05) is 17.9 Å². The normalized spacial score (nSPS) is 15.3. The van der Waals surface area contributed by atoms with Gasteiger partial charge in [-0.3, -0.25) is 19.4 Å². The predicted octanol–water partition coefficient (Wildman–Crippen LogP) is 4.44. The molecule has 0 unspecified atom stereocenters. The number of alkyl halides is 3. The molecule has 1 fully saturated rings. The fourth-order valence-corrected chi connectivity index (χ4v) is 6.77. The van der Waals surface area contributed by atoms with Crippen LogP contribution in [0.2, 0.25) is 0 Å². The van der Waals surface area contributed by atoms with Crippen molar-refractivity contribution < 1.29 is 32.6 Å². The number of carbonyl (C=O) groups is 2. The van der Waals surface area contributed by atoms with Gasteiger partial charge in [-0.15, -0.1) is 5.10 Å². The SMILES string of the molecule is CCc1c(N2CCN(C(=O)c3c(O)ccc4ccncc34)CC2)c(=O)n2nc(C3=CCOCC3)nc2n1CC(=O)Nc1ccc(C(F)(F)F)cc1C. The molecule has 0 spiro atoms. The highest BCUT2D eigenvalue weighted by atomic mass is 19.4. The zero-order valence-corrected chi connectivity index (χ0v) is 28.4. The maximum atomic E-state index is 14.3. The number of phenolic OH excluding ortho intramolecular Hbond substituents is 1. The third kappa shape index (κ3) is 6.45. The Balaban J connectivity index is 1.22. The molecule has 0 saturated carbocycles. The summed E-state index contributed by atoms with van der Waals surface area (Å²) >= 11 is 0. The number of ether oxygens (including phenoxy) is 1. The molecule has 2 aliphatic heterocycles. The van der Waals surface area contributed by atoms with Crippen LogP contribution in [0.4, 0.5) is 24.5 Å². The highest BCUT2D eigenvalue weighted by molar-refractivity contribution is 6.09. The van der Waals surface area contributed by atoms with Gasteiger partial charge in [0, 0.05) is 49.6 Å². The van der Waals surface area contributed by atoms with Gasteiger partial charge in [-0.05, 0) is 66.6 Å². The molecule has 2 aromatic carbocycles. The number of rotatable bonds is 7. The van der Waals surface area contributed by atoms with E-state index in [0.717, 1.165) is 23.1 Å². The number of fused-ring (bicyclic) bond motifs is 2. The smallest absolute Gasteiger partial charge is 0.416 e. The van der Waals surface area contributed by atoms with Crippen LogP contribution in [0.1, 0.15) is 46.3 Å². The van der Waals surface area contributed by atoms with Gasteiger partial charge in [0.25, 0.3) is 11.5 Å². The molecule has 2 N–H and O–H groups in total. The summed E-state index contributed by atoms with van der Waals surface area (Å²) in [4.78, 5) is 53.9. The lowest BCUT2D eigenvalue weighted by molar-refractivity contribution is -0.137. The Kier molecular flexibility index (Phi) is 9.16. The molecule has 13 nitrogen and oxygen atoms in total. The quantitative estimate of drug-likeness (QED) is 0.250. The number of nitrogens with one attached hydrogen (secondary N) is 1. The van der Waals surface area contributed by atoms with Gasteiger partial charge in [-0.2, -0.15) is 22.7 Å². The van der Waals surface area contributed by atoms with Gasteiger partial charge in [0.05, 0.1) is 30.0 Å². The van der Waals surface area contributed by atoms with Crippen molar-refractivity contribution in [3.63, 3.8) is 0 Å². The van der Waals surface area contributed by atoms with Gasteiger partial charge < -0.3 is 29.5 Å². The molecule has 0 aliphatic carbocycles. The number of anilines is 2. The number of aromatic hydroxyl groups is 1. The number of nitrogens with zero attached hydrogens (tertiary/aromatic N) is 7. The van der Waals surface area contributed by atoms with Crippen LogP contribution in [0.25, 0.3) is 22.1 Å². The van der Waals surface area contributed by atoms with Crippen LogP contribution in [0.3, 0.4) is 0 Å². The summed E-state index contributed by atoms with van der Waals surface area (Å²) in [5.74, 6) is -0.585. The molecule has 52 heavy (non-hydrogen) atoms. The van der Waals surface area contributed by atoms with Gasteiger partial charge in [0.1, 0.15) is 18.0 Å². The number of hydrogen-bond acceptors (Lipinski definition) is 9. The molecule has 0 bridgehead atoms. The number of aryl methyl sites for hydroxylation is 1. The molecule has 5 heterocycles. The van der Waals surface area contributed by atoms with E-state index in [2.05, 4.69) is 15.4 Å². The largest absolute Gasteiger partial charge is 0.507 e. The Bertz CT molecular complexity index is 2310.